The van der Waals surface area contributed by atoms with Crippen LogP contribution in [-0.4, -0.2) is 57.3 Å². The number of hydrogen-bond acceptors (Lipinski definition) is 3. The van der Waals surface area contributed by atoms with Crippen LogP contribution in [-0.2, 0) is 9.59 Å². The third kappa shape index (κ3) is 3.86. The van der Waals surface area contributed by atoms with E-state index in [-0.39, 0.29) is 11.8 Å². The van der Waals surface area contributed by atoms with E-state index >= 15 is 0 Å². The maximum absolute atomic E-state index is 12.9. The first-order chi connectivity index (χ1) is 10.6. The smallest absolute Gasteiger partial charge is 0.238 e. The van der Waals surface area contributed by atoms with Crippen LogP contribution in [0.3, 0.4) is 0 Å². The van der Waals surface area contributed by atoms with Gasteiger partial charge in [0.05, 0.1) is 10.5 Å². The Hall–Kier alpha value is -0.710. The van der Waals surface area contributed by atoms with Gasteiger partial charge in [-0.25, -0.2) is 0 Å². The predicted molar refractivity (Wildman–Crippen MR) is 96.4 cm³/mol. The van der Waals surface area contributed by atoms with Crippen LogP contribution in [0.25, 0.3) is 0 Å². The fourth-order valence-corrected chi connectivity index (χ4v) is 4.45. The normalized spacial score (nSPS) is 31.7. The Morgan fingerprint density at radius 1 is 0.957 bits per heavy atom. The first kappa shape index (κ1) is 18.6. The van der Waals surface area contributed by atoms with E-state index in [1.54, 1.807) is 0 Å². The third-order valence-corrected chi connectivity index (χ3v) is 7.22. The molecule has 0 N–H and O–H groups in total. The number of rotatable bonds is 4. The van der Waals surface area contributed by atoms with Crippen molar-refractivity contribution in [1.82, 2.24) is 9.80 Å². The Morgan fingerprint density at radius 3 is 1.87 bits per heavy atom. The summed E-state index contributed by atoms with van der Waals surface area (Å²) >= 11 is 1.49. The van der Waals surface area contributed by atoms with Crippen molar-refractivity contribution in [1.29, 1.82) is 0 Å². The third-order valence-electron chi connectivity index (χ3n) is 5.93. The summed E-state index contributed by atoms with van der Waals surface area (Å²) in [6, 6.07) is 0.624. The summed E-state index contributed by atoms with van der Waals surface area (Å²) in [5.41, 5.74) is 0. The van der Waals surface area contributed by atoms with Gasteiger partial charge in [-0.05, 0) is 52.4 Å². The van der Waals surface area contributed by atoms with Gasteiger partial charge in [-0.2, -0.15) is 0 Å². The SMILES string of the molecule is C[C@@H]1CCN(C(=O)CSC(C)(C)C(=O)N2CC[C@H](C)[C@@H]2C)[C@@H]1C. The molecular formula is C18H32N2O2S. The molecule has 0 radical (unpaired) electrons. The van der Waals surface area contributed by atoms with Gasteiger partial charge in [-0.3, -0.25) is 9.59 Å². The van der Waals surface area contributed by atoms with Gasteiger partial charge >= 0.3 is 0 Å². The standard InChI is InChI=1S/C18H32N2O2S/c1-12-7-9-19(14(12)3)16(21)11-23-18(5,6)17(22)20-10-8-13(2)15(20)4/h12-15H,7-11H2,1-6H3/t12-,13+,14-,15+/m1/s1. The average molecular weight is 341 g/mol. The van der Waals surface area contributed by atoms with Crippen LogP contribution < -0.4 is 0 Å². The molecule has 4 atom stereocenters. The Bertz CT molecular complexity index is 466. The summed E-state index contributed by atoms with van der Waals surface area (Å²) in [5, 5.41) is 0. The second-order valence-corrected chi connectivity index (χ2v) is 9.50. The first-order valence-electron chi connectivity index (χ1n) is 8.89. The lowest BCUT2D eigenvalue weighted by Gasteiger charge is -2.33. The summed E-state index contributed by atoms with van der Waals surface area (Å²) in [6.45, 7) is 14.3. The Labute approximate surface area is 145 Å². The van der Waals surface area contributed by atoms with Crippen molar-refractivity contribution in [2.75, 3.05) is 18.8 Å². The number of amides is 2. The van der Waals surface area contributed by atoms with E-state index < -0.39 is 4.75 Å². The summed E-state index contributed by atoms with van der Waals surface area (Å²) in [6.07, 6.45) is 2.17. The molecule has 2 saturated heterocycles. The molecule has 132 valence electrons. The highest BCUT2D eigenvalue weighted by Crippen LogP contribution is 2.33. The van der Waals surface area contributed by atoms with Crippen molar-refractivity contribution >= 4 is 23.6 Å². The summed E-state index contributed by atoms with van der Waals surface area (Å²) in [5.74, 6) is 1.89. The van der Waals surface area contributed by atoms with Gasteiger partial charge in [0, 0.05) is 25.2 Å². The van der Waals surface area contributed by atoms with Gasteiger partial charge in [0.25, 0.3) is 0 Å². The van der Waals surface area contributed by atoms with Crippen LogP contribution in [0.4, 0.5) is 0 Å². The maximum atomic E-state index is 12.9. The zero-order valence-corrected chi connectivity index (χ0v) is 16.3. The second-order valence-electron chi connectivity index (χ2n) is 7.90. The molecule has 0 bridgehead atoms. The number of thioether (sulfide) groups is 1. The lowest BCUT2D eigenvalue weighted by atomic mass is 10.0. The second kappa shape index (κ2) is 7.04. The minimum atomic E-state index is -0.539. The molecule has 0 unspecified atom stereocenters. The van der Waals surface area contributed by atoms with E-state index in [0.29, 0.717) is 29.7 Å². The van der Waals surface area contributed by atoms with Crippen molar-refractivity contribution < 1.29 is 9.59 Å². The molecule has 2 aliphatic heterocycles. The molecule has 2 heterocycles. The summed E-state index contributed by atoms with van der Waals surface area (Å²) < 4.78 is -0.539. The summed E-state index contributed by atoms with van der Waals surface area (Å²) in [4.78, 5) is 29.3. The minimum absolute atomic E-state index is 0.176. The monoisotopic (exact) mass is 340 g/mol. The van der Waals surface area contributed by atoms with Crippen LogP contribution in [0.15, 0.2) is 0 Å². The van der Waals surface area contributed by atoms with Crippen LogP contribution in [0.2, 0.25) is 0 Å². The molecule has 0 aromatic heterocycles. The lowest BCUT2D eigenvalue weighted by molar-refractivity contribution is -0.133. The zero-order chi connectivity index (χ0) is 17.4. The Balaban J connectivity index is 1.91. The molecule has 0 aromatic carbocycles. The molecule has 0 aromatic rings. The topological polar surface area (TPSA) is 40.6 Å². The van der Waals surface area contributed by atoms with Crippen molar-refractivity contribution in [3.63, 3.8) is 0 Å². The molecule has 5 heteroatoms. The van der Waals surface area contributed by atoms with E-state index in [4.69, 9.17) is 0 Å². The van der Waals surface area contributed by atoms with Crippen LogP contribution in [0.1, 0.15) is 54.4 Å². The van der Waals surface area contributed by atoms with E-state index in [0.717, 1.165) is 25.9 Å². The molecule has 2 aliphatic rings. The largest absolute Gasteiger partial charge is 0.339 e. The van der Waals surface area contributed by atoms with Gasteiger partial charge in [0.15, 0.2) is 0 Å². The zero-order valence-electron chi connectivity index (χ0n) is 15.5. The fourth-order valence-electron chi connectivity index (χ4n) is 3.56. The highest BCUT2D eigenvalue weighted by Gasteiger charge is 2.40. The minimum Gasteiger partial charge on any atom is -0.339 e. The molecule has 0 spiro atoms. The van der Waals surface area contributed by atoms with Crippen molar-refractivity contribution in [2.24, 2.45) is 11.8 Å². The predicted octanol–water partition coefficient (Wildman–Crippen LogP) is 3.01. The molecule has 0 aliphatic carbocycles. The molecule has 0 saturated carbocycles. The Morgan fingerprint density at radius 2 is 1.43 bits per heavy atom. The van der Waals surface area contributed by atoms with Gasteiger partial charge in [0.1, 0.15) is 0 Å². The van der Waals surface area contributed by atoms with Crippen molar-refractivity contribution in [3.05, 3.63) is 0 Å². The number of hydrogen-bond donors (Lipinski definition) is 0. The van der Waals surface area contributed by atoms with Crippen molar-refractivity contribution in [2.45, 2.75) is 71.2 Å². The van der Waals surface area contributed by atoms with Crippen LogP contribution in [0.5, 0.6) is 0 Å². The number of nitrogens with zero attached hydrogens (tertiary/aromatic N) is 2. The van der Waals surface area contributed by atoms with E-state index in [1.165, 1.54) is 11.8 Å². The van der Waals surface area contributed by atoms with E-state index in [2.05, 4.69) is 27.7 Å². The molecular weight excluding hydrogens is 308 g/mol. The Kier molecular flexibility index (Phi) is 5.70. The lowest BCUT2D eigenvalue weighted by Crippen LogP contribution is -2.46. The number of carbonyl (C=O) groups excluding carboxylic acids is 2. The molecule has 4 nitrogen and oxygen atoms in total. The maximum Gasteiger partial charge on any atom is 0.238 e. The van der Waals surface area contributed by atoms with Crippen molar-refractivity contribution in [3.8, 4) is 0 Å². The fraction of sp³-hybridized carbons (Fsp3) is 0.889. The molecule has 2 rings (SSSR count). The first-order valence-corrected chi connectivity index (χ1v) is 9.88. The molecule has 2 amide bonds. The van der Waals surface area contributed by atoms with Crippen LogP contribution >= 0.6 is 11.8 Å². The van der Waals surface area contributed by atoms with Gasteiger partial charge in [-0.15, -0.1) is 11.8 Å². The quantitative estimate of drug-likeness (QED) is 0.790. The highest BCUT2D eigenvalue weighted by molar-refractivity contribution is 8.02. The molecule has 2 fully saturated rings. The average Bonchev–Trinajstić information content (AvgIpc) is 3.00. The van der Waals surface area contributed by atoms with Gasteiger partial charge in [-0.1, -0.05) is 13.8 Å². The van der Waals surface area contributed by atoms with Crippen LogP contribution in [0, 0.1) is 11.8 Å². The molecule has 23 heavy (non-hydrogen) atoms. The van der Waals surface area contributed by atoms with E-state index in [1.807, 2.05) is 23.6 Å². The number of likely N-dealkylation sites (tertiary alicyclic amines) is 2. The summed E-state index contributed by atoms with van der Waals surface area (Å²) in [7, 11) is 0. The van der Waals surface area contributed by atoms with Gasteiger partial charge in [0.2, 0.25) is 11.8 Å². The van der Waals surface area contributed by atoms with Gasteiger partial charge < -0.3 is 9.80 Å². The highest BCUT2D eigenvalue weighted by atomic mass is 32.2. The van der Waals surface area contributed by atoms with E-state index in [9.17, 15) is 9.59 Å². The number of carbonyl (C=O) groups is 2.